The van der Waals surface area contributed by atoms with Crippen molar-refractivity contribution >= 4 is 5.91 Å². The molecule has 94 valence electrons. The number of rotatable bonds is 5. The molecule has 0 aromatic carbocycles. The smallest absolute Gasteiger partial charge is 0.237 e. The molecule has 0 saturated heterocycles. The summed E-state index contributed by atoms with van der Waals surface area (Å²) < 4.78 is 0. The van der Waals surface area contributed by atoms with E-state index in [1.54, 1.807) is 6.33 Å². The quantitative estimate of drug-likeness (QED) is 0.660. The predicted octanol–water partition coefficient (Wildman–Crippen LogP) is 0.730. The van der Waals surface area contributed by atoms with E-state index in [4.69, 9.17) is 0 Å². The Hall–Kier alpha value is -1.36. The maximum Gasteiger partial charge on any atom is 0.237 e. The number of H-pyrrole nitrogens is 1. The number of carbonyl (C=O) groups excluding carboxylic acids is 1. The third-order valence-electron chi connectivity index (χ3n) is 3.13. The van der Waals surface area contributed by atoms with Crippen molar-refractivity contribution in [3.8, 4) is 0 Å². The van der Waals surface area contributed by atoms with Gasteiger partial charge in [0.2, 0.25) is 5.91 Å². The van der Waals surface area contributed by atoms with Crippen LogP contribution in [0.25, 0.3) is 0 Å². The molecule has 0 aliphatic carbocycles. The summed E-state index contributed by atoms with van der Waals surface area (Å²) in [6, 6.07) is -0.132. The molecule has 5 heteroatoms. The minimum Gasteiger partial charge on any atom is -0.355 e. The minimum atomic E-state index is -0.132. The molecule has 1 amide bonds. The molecule has 0 bridgehead atoms. The van der Waals surface area contributed by atoms with Gasteiger partial charge >= 0.3 is 0 Å². The van der Waals surface area contributed by atoms with Gasteiger partial charge in [0.05, 0.1) is 23.8 Å². The SMILES string of the molecule is CCCCCNC(=O)C1Cc2nc[nH]c2CN1. The molecule has 3 N–H and O–H groups in total. The van der Waals surface area contributed by atoms with Crippen molar-refractivity contribution in [3.63, 3.8) is 0 Å². The van der Waals surface area contributed by atoms with E-state index >= 15 is 0 Å². The molecule has 1 atom stereocenters. The Morgan fingerprint density at radius 3 is 3.29 bits per heavy atom. The Balaban J connectivity index is 1.78. The Labute approximate surface area is 101 Å². The number of hydrogen-bond acceptors (Lipinski definition) is 3. The molecule has 0 radical (unpaired) electrons. The minimum absolute atomic E-state index is 0.0924. The van der Waals surface area contributed by atoms with E-state index in [1.807, 2.05) is 0 Å². The van der Waals surface area contributed by atoms with Gasteiger partial charge in [0.15, 0.2) is 0 Å². The number of fused-ring (bicyclic) bond motifs is 1. The van der Waals surface area contributed by atoms with Gasteiger partial charge in [0.25, 0.3) is 0 Å². The first-order valence-electron chi connectivity index (χ1n) is 6.33. The third kappa shape index (κ3) is 3.06. The Morgan fingerprint density at radius 1 is 1.59 bits per heavy atom. The third-order valence-corrected chi connectivity index (χ3v) is 3.13. The Kier molecular flexibility index (Phi) is 4.14. The molecule has 2 rings (SSSR count). The van der Waals surface area contributed by atoms with Crippen LogP contribution in [-0.4, -0.2) is 28.5 Å². The van der Waals surface area contributed by atoms with Gasteiger partial charge in [-0.25, -0.2) is 4.98 Å². The van der Waals surface area contributed by atoms with Crippen LogP contribution in [0.4, 0.5) is 0 Å². The van der Waals surface area contributed by atoms with Gasteiger partial charge < -0.3 is 10.3 Å². The Morgan fingerprint density at radius 2 is 2.47 bits per heavy atom. The van der Waals surface area contributed by atoms with E-state index in [9.17, 15) is 4.79 Å². The normalized spacial score (nSPS) is 18.8. The average molecular weight is 236 g/mol. The highest BCUT2D eigenvalue weighted by Gasteiger charge is 2.25. The maximum atomic E-state index is 11.9. The number of unbranched alkanes of at least 4 members (excludes halogenated alkanes) is 2. The van der Waals surface area contributed by atoms with Crippen LogP contribution in [0.3, 0.4) is 0 Å². The topological polar surface area (TPSA) is 69.8 Å². The van der Waals surface area contributed by atoms with E-state index in [0.29, 0.717) is 13.0 Å². The molecule has 1 aliphatic rings. The lowest BCUT2D eigenvalue weighted by Gasteiger charge is -2.22. The highest BCUT2D eigenvalue weighted by molar-refractivity contribution is 5.82. The van der Waals surface area contributed by atoms with Crippen LogP contribution in [0.1, 0.15) is 37.6 Å². The van der Waals surface area contributed by atoms with Crippen LogP contribution in [-0.2, 0) is 17.8 Å². The van der Waals surface area contributed by atoms with E-state index in [-0.39, 0.29) is 11.9 Å². The standard InChI is InChI=1S/C12H20N4O/c1-2-3-4-5-13-12(17)10-6-9-11(7-14-10)16-8-15-9/h8,10,14H,2-7H2,1H3,(H,13,17)(H,15,16). The van der Waals surface area contributed by atoms with Gasteiger partial charge in [0, 0.05) is 19.5 Å². The van der Waals surface area contributed by atoms with Crippen molar-refractivity contribution < 1.29 is 4.79 Å². The van der Waals surface area contributed by atoms with Crippen LogP contribution in [0, 0.1) is 0 Å². The van der Waals surface area contributed by atoms with Crippen LogP contribution in [0.2, 0.25) is 0 Å². The van der Waals surface area contributed by atoms with Crippen molar-refractivity contribution in [1.82, 2.24) is 20.6 Å². The molecule has 0 saturated carbocycles. The maximum absolute atomic E-state index is 11.9. The molecular formula is C12H20N4O. The number of carbonyl (C=O) groups is 1. The summed E-state index contributed by atoms with van der Waals surface area (Å²) in [5.41, 5.74) is 2.11. The van der Waals surface area contributed by atoms with Gasteiger partial charge in [-0.15, -0.1) is 0 Å². The van der Waals surface area contributed by atoms with Gasteiger partial charge in [-0.2, -0.15) is 0 Å². The van der Waals surface area contributed by atoms with Gasteiger partial charge in [-0.1, -0.05) is 19.8 Å². The van der Waals surface area contributed by atoms with Crippen molar-refractivity contribution in [3.05, 3.63) is 17.7 Å². The monoisotopic (exact) mass is 236 g/mol. The highest BCUT2D eigenvalue weighted by Crippen LogP contribution is 2.11. The van der Waals surface area contributed by atoms with Crippen LogP contribution in [0.5, 0.6) is 0 Å². The first kappa shape index (κ1) is 12.1. The zero-order chi connectivity index (χ0) is 12.1. The second kappa shape index (κ2) is 5.82. The summed E-state index contributed by atoms with van der Waals surface area (Å²) in [7, 11) is 0. The summed E-state index contributed by atoms with van der Waals surface area (Å²) >= 11 is 0. The Bertz CT molecular complexity index is 374. The van der Waals surface area contributed by atoms with Crippen LogP contribution < -0.4 is 10.6 Å². The molecule has 0 spiro atoms. The molecule has 1 aromatic heterocycles. The van der Waals surface area contributed by atoms with Crippen molar-refractivity contribution in [2.45, 2.75) is 45.2 Å². The predicted molar refractivity (Wildman–Crippen MR) is 65.5 cm³/mol. The van der Waals surface area contributed by atoms with Gasteiger partial charge in [0.1, 0.15) is 0 Å². The second-order valence-electron chi connectivity index (χ2n) is 4.46. The molecule has 1 unspecified atom stereocenters. The number of nitrogens with one attached hydrogen (secondary N) is 3. The zero-order valence-corrected chi connectivity index (χ0v) is 10.3. The largest absolute Gasteiger partial charge is 0.355 e. The molecule has 1 aromatic rings. The fourth-order valence-electron chi connectivity index (χ4n) is 2.06. The zero-order valence-electron chi connectivity index (χ0n) is 10.3. The number of imidazole rings is 1. The average Bonchev–Trinajstić information content (AvgIpc) is 2.81. The molecular weight excluding hydrogens is 216 g/mol. The van der Waals surface area contributed by atoms with E-state index in [2.05, 4.69) is 27.5 Å². The summed E-state index contributed by atoms with van der Waals surface area (Å²) in [5, 5.41) is 6.19. The van der Waals surface area contributed by atoms with Crippen molar-refractivity contribution in [2.75, 3.05) is 6.54 Å². The van der Waals surface area contributed by atoms with Gasteiger partial charge in [-0.3, -0.25) is 10.1 Å². The fraction of sp³-hybridized carbons (Fsp3) is 0.667. The number of aromatic amines is 1. The van der Waals surface area contributed by atoms with E-state index in [0.717, 1.165) is 24.4 Å². The second-order valence-corrected chi connectivity index (χ2v) is 4.46. The van der Waals surface area contributed by atoms with E-state index in [1.165, 1.54) is 12.8 Å². The number of hydrogen-bond donors (Lipinski definition) is 3. The van der Waals surface area contributed by atoms with Crippen molar-refractivity contribution in [1.29, 1.82) is 0 Å². The van der Waals surface area contributed by atoms with Gasteiger partial charge in [-0.05, 0) is 6.42 Å². The fourth-order valence-corrected chi connectivity index (χ4v) is 2.06. The first-order chi connectivity index (χ1) is 8.31. The lowest BCUT2D eigenvalue weighted by atomic mass is 10.0. The van der Waals surface area contributed by atoms with Crippen LogP contribution >= 0.6 is 0 Å². The summed E-state index contributed by atoms with van der Waals surface area (Å²) in [6.07, 6.45) is 5.77. The number of amides is 1. The van der Waals surface area contributed by atoms with E-state index < -0.39 is 0 Å². The first-order valence-corrected chi connectivity index (χ1v) is 6.33. The number of aromatic nitrogens is 2. The molecule has 5 nitrogen and oxygen atoms in total. The molecule has 17 heavy (non-hydrogen) atoms. The number of nitrogens with zero attached hydrogens (tertiary/aromatic N) is 1. The summed E-state index contributed by atoms with van der Waals surface area (Å²) in [4.78, 5) is 19.2. The van der Waals surface area contributed by atoms with Crippen molar-refractivity contribution in [2.24, 2.45) is 0 Å². The lowest BCUT2D eigenvalue weighted by molar-refractivity contribution is -0.123. The molecule has 0 fully saturated rings. The summed E-state index contributed by atoms with van der Waals surface area (Å²) in [5.74, 6) is 0.0924. The van der Waals surface area contributed by atoms with Crippen LogP contribution in [0.15, 0.2) is 6.33 Å². The molecule has 2 heterocycles. The highest BCUT2D eigenvalue weighted by atomic mass is 16.2. The summed E-state index contributed by atoms with van der Waals surface area (Å²) in [6.45, 7) is 3.63. The lowest BCUT2D eigenvalue weighted by Crippen LogP contribution is -2.47. The molecule has 1 aliphatic heterocycles.